The molecular formula is C14H23N3O. The second kappa shape index (κ2) is 6.89. The zero-order chi connectivity index (χ0) is 13.5. The van der Waals surface area contributed by atoms with Crippen LogP contribution < -0.4 is 16.0 Å². The summed E-state index contributed by atoms with van der Waals surface area (Å²) in [6.45, 7) is 7.43. The van der Waals surface area contributed by atoms with Crippen LogP contribution in [0.5, 0.6) is 0 Å². The molecule has 1 atom stereocenters. The number of nitrogens with one attached hydrogen (secondary N) is 1. The fraction of sp³-hybridized carbons (Fsp3) is 0.500. The molecule has 0 fully saturated rings. The zero-order valence-corrected chi connectivity index (χ0v) is 11.4. The minimum Gasteiger partial charge on any atom is -0.397 e. The smallest absolute Gasteiger partial charge is 0.242 e. The highest BCUT2D eigenvalue weighted by molar-refractivity contribution is 5.86. The molecule has 0 aliphatic heterocycles. The number of hydrogen-bond donors (Lipinski definition) is 2. The molecule has 4 heteroatoms. The van der Waals surface area contributed by atoms with Crippen molar-refractivity contribution in [3.8, 4) is 0 Å². The molecule has 1 unspecified atom stereocenters. The molecule has 1 rings (SSSR count). The van der Waals surface area contributed by atoms with E-state index in [0.29, 0.717) is 12.2 Å². The number of nitrogens with two attached hydrogens (primary N) is 1. The summed E-state index contributed by atoms with van der Waals surface area (Å²) in [6.07, 6.45) is 0.943. The van der Waals surface area contributed by atoms with Crippen LogP contribution in [0.25, 0.3) is 0 Å². The number of nitrogen functional groups attached to an aromatic ring is 1. The Bertz CT molecular complexity index is 392. The van der Waals surface area contributed by atoms with Crippen molar-refractivity contribution in [3.05, 3.63) is 24.3 Å². The van der Waals surface area contributed by atoms with Gasteiger partial charge < -0.3 is 16.0 Å². The van der Waals surface area contributed by atoms with E-state index in [1.165, 1.54) is 0 Å². The van der Waals surface area contributed by atoms with Crippen LogP contribution in [-0.4, -0.2) is 25.0 Å². The molecule has 0 aliphatic carbocycles. The fourth-order valence-electron chi connectivity index (χ4n) is 1.94. The van der Waals surface area contributed by atoms with Crippen LogP contribution in [-0.2, 0) is 4.79 Å². The highest BCUT2D eigenvalue weighted by Crippen LogP contribution is 2.24. The van der Waals surface area contributed by atoms with Crippen LogP contribution in [0, 0.1) is 0 Å². The van der Waals surface area contributed by atoms with E-state index in [1.807, 2.05) is 49.9 Å². The highest BCUT2D eigenvalue weighted by Gasteiger charge is 2.21. The van der Waals surface area contributed by atoms with E-state index < -0.39 is 0 Å². The maximum Gasteiger partial charge on any atom is 0.242 e. The van der Waals surface area contributed by atoms with Gasteiger partial charge in [0.15, 0.2) is 0 Å². The lowest BCUT2D eigenvalue weighted by molar-refractivity contribution is -0.122. The summed E-state index contributed by atoms with van der Waals surface area (Å²) in [6, 6.07) is 7.42. The lowest BCUT2D eigenvalue weighted by Crippen LogP contribution is -2.45. The Hall–Kier alpha value is -1.71. The normalized spacial score (nSPS) is 11.9. The van der Waals surface area contributed by atoms with Gasteiger partial charge in [-0.25, -0.2) is 0 Å². The van der Waals surface area contributed by atoms with E-state index >= 15 is 0 Å². The van der Waals surface area contributed by atoms with Gasteiger partial charge >= 0.3 is 0 Å². The third-order valence-electron chi connectivity index (χ3n) is 2.98. The monoisotopic (exact) mass is 249 g/mol. The van der Waals surface area contributed by atoms with Gasteiger partial charge in [-0.05, 0) is 32.4 Å². The molecule has 0 heterocycles. The summed E-state index contributed by atoms with van der Waals surface area (Å²) in [5.41, 5.74) is 7.58. The van der Waals surface area contributed by atoms with Crippen LogP contribution in [0.15, 0.2) is 24.3 Å². The molecule has 0 saturated heterocycles. The number of rotatable bonds is 6. The first kappa shape index (κ1) is 14.4. The van der Waals surface area contributed by atoms with Crippen molar-refractivity contribution in [3.63, 3.8) is 0 Å². The van der Waals surface area contributed by atoms with Crippen LogP contribution in [0.2, 0.25) is 0 Å². The van der Waals surface area contributed by atoms with Crippen LogP contribution in [0.1, 0.15) is 27.2 Å². The van der Waals surface area contributed by atoms with Crippen molar-refractivity contribution in [1.29, 1.82) is 0 Å². The molecule has 4 nitrogen and oxygen atoms in total. The fourth-order valence-corrected chi connectivity index (χ4v) is 1.94. The van der Waals surface area contributed by atoms with E-state index in [0.717, 1.165) is 18.7 Å². The quantitative estimate of drug-likeness (QED) is 0.758. The summed E-state index contributed by atoms with van der Waals surface area (Å²) in [5.74, 6) is 0.0435. The van der Waals surface area contributed by atoms with Crippen molar-refractivity contribution in [2.75, 3.05) is 23.7 Å². The number of hydrogen-bond acceptors (Lipinski definition) is 3. The summed E-state index contributed by atoms with van der Waals surface area (Å²) >= 11 is 0. The minimum absolute atomic E-state index is 0.0435. The van der Waals surface area contributed by atoms with Crippen LogP contribution in [0.3, 0.4) is 0 Å². The van der Waals surface area contributed by atoms with Gasteiger partial charge in [0, 0.05) is 13.1 Å². The number of para-hydroxylation sites is 2. The molecule has 0 bridgehead atoms. The maximum atomic E-state index is 12.0. The Kier molecular flexibility index (Phi) is 5.49. The van der Waals surface area contributed by atoms with Crippen molar-refractivity contribution < 1.29 is 4.79 Å². The van der Waals surface area contributed by atoms with Crippen molar-refractivity contribution in [2.45, 2.75) is 33.2 Å². The van der Waals surface area contributed by atoms with Crippen molar-refractivity contribution >= 4 is 17.3 Å². The van der Waals surface area contributed by atoms with Gasteiger partial charge in [-0.2, -0.15) is 0 Å². The SMILES string of the molecule is CCCNC(=O)C(C)N(CC)c1ccccc1N. The number of anilines is 2. The largest absolute Gasteiger partial charge is 0.397 e. The summed E-state index contributed by atoms with van der Waals surface area (Å²) in [5, 5.41) is 2.91. The first-order chi connectivity index (χ1) is 8.61. The average Bonchev–Trinajstić information content (AvgIpc) is 2.38. The van der Waals surface area contributed by atoms with Gasteiger partial charge in [-0.1, -0.05) is 19.1 Å². The molecule has 0 spiro atoms. The van der Waals surface area contributed by atoms with Gasteiger partial charge in [-0.15, -0.1) is 0 Å². The van der Waals surface area contributed by atoms with Gasteiger partial charge in [0.2, 0.25) is 5.91 Å². The molecule has 0 radical (unpaired) electrons. The second-order valence-corrected chi connectivity index (χ2v) is 4.31. The maximum absolute atomic E-state index is 12.0. The first-order valence-corrected chi connectivity index (χ1v) is 6.50. The van der Waals surface area contributed by atoms with Crippen LogP contribution >= 0.6 is 0 Å². The average molecular weight is 249 g/mol. The molecule has 3 N–H and O–H groups in total. The third kappa shape index (κ3) is 3.39. The number of amides is 1. The number of benzene rings is 1. The third-order valence-corrected chi connectivity index (χ3v) is 2.98. The molecular weight excluding hydrogens is 226 g/mol. The standard InChI is InChI=1S/C14H23N3O/c1-4-10-16-14(18)11(3)17(5-2)13-9-7-6-8-12(13)15/h6-9,11H,4-5,10,15H2,1-3H3,(H,16,18). The molecule has 1 amide bonds. The van der Waals surface area contributed by atoms with Crippen molar-refractivity contribution in [1.82, 2.24) is 5.32 Å². The van der Waals surface area contributed by atoms with Gasteiger partial charge in [0.05, 0.1) is 11.4 Å². The minimum atomic E-state index is -0.216. The molecule has 100 valence electrons. The Labute approximate surface area is 109 Å². The Balaban J connectivity index is 2.83. The predicted octanol–water partition coefficient (Wildman–Crippen LogP) is 2.01. The number of likely N-dealkylation sites (N-methyl/N-ethyl adjacent to an activating group) is 1. The molecule has 0 aromatic heterocycles. The number of carbonyl (C=O) groups is 1. The molecule has 0 saturated carbocycles. The Morgan fingerprint density at radius 3 is 2.61 bits per heavy atom. The molecule has 1 aromatic rings. The lowest BCUT2D eigenvalue weighted by Gasteiger charge is -2.30. The molecule has 0 aliphatic rings. The number of carbonyl (C=O) groups excluding carboxylic acids is 1. The van der Waals surface area contributed by atoms with E-state index in [2.05, 4.69) is 5.32 Å². The summed E-state index contributed by atoms with van der Waals surface area (Å²) in [7, 11) is 0. The summed E-state index contributed by atoms with van der Waals surface area (Å²) < 4.78 is 0. The van der Waals surface area contributed by atoms with Gasteiger partial charge in [-0.3, -0.25) is 4.79 Å². The molecule has 1 aromatic carbocycles. The van der Waals surface area contributed by atoms with Crippen molar-refractivity contribution in [2.24, 2.45) is 0 Å². The number of nitrogens with zero attached hydrogens (tertiary/aromatic N) is 1. The Morgan fingerprint density at radius 1 is 1.39 bits per heavy atom. The van der Waals surface area contributed by atoms with E-state index in [4.69, 9.17) is 5.73 Å². The summed E-state index contributed by atoms with van der Waals surface area (Å²) in [4.78, 5) is 14.0. The van der Waals surface area contributed by atoms with Crippen LogP contribution in [0.4, 0.5) is 11.4 Å². The molecule has 18 heavy (non-hydrogen) atoms. The second-order valence-electron chi connectivity index (χ2n) is 4.31. The van der Waals surface area contributed by atoms with E-state index in [-0.39, 0.29) is 11.9 Å². The van der Waals surface area contributed by atoms with E-state index in [1.54, 1.807) is 0 Å². The van der Waals surface area contributed by atoms with Gasteiger partial charge in [0.25, 0.3) is 0 Å². The van der Waals surface area contributed by atoms with Gasteiger partial charge in [0.1, 0.15) is 6.04 Å². The first-order valence-electron chi connectivity index (χ1n) is 6.50. The van der Waals surface area contributed by atoms with E-state index in [9.17, 15) is 4.79 Å². The zero-order valence-electron chi connectivity index (χ0n) is 11.4. The highest BCUT2D eigenvalue weighted by atomic mass is 16.2. The topological polar surface area (TPSA) is 58.4 Å². The predicted molar refractivity (Wildman–Crippen MR) is 76.6 cm³/mol. The lowest BCUT2D eigenvalue weighted by atomic mass is 10.2. The Morgan fingerprint density at radius 2 is 2.06 bits per heavy atom.